The molecule has 2 N–H and O–H groups in total. The Labute approximate surface area is 193 Å². The zero-order chi connectivity index (χ0) is 23.9. The van der Waals surface area contributed by atoms with Crippen molar-refractivity contribution in [1.29, 1.82) is 0 Å². The SMILES string of the molecule is Cc1cc(/C=C2\C(=O)NC(=O)N(c3ccccc3)C2=O)c(C)n1-c1ccc(Cl)c(C(=O)O)c1. The molecule has 9 heteroatoms. The lowest BCUT2D eigenvalue weighted by Crippen LogP contribution is -2.54. The van der Waals surface area contributed by atoms with Gasteiger partial charge in [-0.3, -0.25) is 14.9 Å². The molecular formula is C24H18ClN3O5. The van der Waals surface area contributed by atoms with Gasteiger partial charge in [-0.25, -0.2) is 14.5 Å². The summed E-state index contributed by atoms with van der Waals surface area (Å²) in [5, 5.41) is 11.7. The van der Waals surface area contributed by atoms with Gasteiger partial charge in [0.2, 0.25) is 0 Å². The van der Waals surface area contributed by atoms with Crippen LogP contribution < -0.4 is 10.2 Å². The highest BCUT2D eigenvalue weighted by atomic mass is 35.5. The molecule has 1 aliphatic heterocycles. The van der Waals surface area contributed by atoms with E-state index in [0.29, 0.717) is 22.6 Å². The quantitative estimate of drug-likeness (QED) is 0.447. The van der Waals surface area contributed by atoms with Crippen LogP contribution >= 0.6 is 11.6 Å². The van der Waals surface area contributed by atoms with Gasteiger partial charge in [0.15, 0.2) is 0 Å². The number of halogens is 1. The number of barbiturate groups is 1. The number of para-hydroxylation sites is 1. The second-order valence-electron chi connectivity index (χ2n) is 7.42. The van der Waals surface area contributed by atoms with Crippen LogP contribution in [0.3, 0.4) is 0 Å². The fourth-order valence-corrected chi connectivity index (χ4v) is 3.97. The lowest BCUT2D eigenvalue weighted by molar-refractivity contribution is -0.122. The van der Waals surface area contributed by atoms with Crippen LogP contribution in [0.1, 0.15) is 27.3 Å². The van der Waals surface area contributed by atoms with Gasteiger partial charge in [-0.15, -0.1) is 0 Å². The van der Waals surface area contributed by atoms with E-state index >= 15 is 0 Å². The third kappa shape index (κ3) is 3.92. The van der Waals surface area contributed by atoms with Crippen LogP contribution in [0.5, 0.6) is 0 Å². The van der Waals surface area contributed by atoms with Gasteiger partial charge >= 0.3 is 12.0 Å². The summed E-state index contributed by atoms with van der Waals surface area (Å²) in [6.07, 6.45) is 1.42. The summed E-state index contributed by atoms with van der Waals surface area (Å²) in [6.45, 7) is 3.59. The van der Waals surface area contributed by atoms with Crippen LogP contribution in [-0.4, -0.2) is 33.5 Å². The van der Waals surface area contributed by atoms with Crippen LogP contribution in [0.2, 0.25) is 5.02 Å². The van der Waals surface area contributed by atoms with Crippen molar-refractivity contribution >= 4 is 47.2 Å². The Kier molecular flexibility index (Phi) is 5.61. The van der Waals surface area contributed by atoms with Crippen molar-refractivity contribution in [2.45, 2.75) is 13.8 Å². The molecule has 1 aromatic heterocycles. The summed E-state index contributed by atoms with van der Waals surface area (Å²) in [4.78, 5) is 50.3. The molecule has 0 spiro atoms. The standard InChI is InChI=1S/C24H18ClN3O5/c1-13-10-15(14(2)27(13)17-8-9-20(25)18(12-17)23(31)32)11-19-21(29)26-24(33)28(22(19)30)16-6-4-3-5-7-16/h3-12H,1-2H3,(H,31,32)(H,26,29,33)/b19-11+. The van der Waals surface area contributed by atoms with E-state index in [-0.39, 0.29) is 16.2 Å². The second-order valence-corrected chi connectivity index (χ2v) is 7.83. The number of carboxylic acids is 1. The predicted molar refractivity (Wildman–Crippen MR) is 123 cm³/mol. The van der Waals surface area contributed by atoms with E-state index in [0.717, 1.165) is 10.6 Å². The molecule has 0 atom stereocenters. The van der Waals surface area contributed by atoms with Gasteiger partial charge in [0.1, 0.15) is 5.57 Å². The average Bonchev–Trinajstić information content (AvgIpc) is 3.05. The topological polar surface area (TPSA) is 109 Å². The van der Waals surface area contributed by atoms with Crippen molar-refractivity contribution in [2.24, 2.45) is 0 Å². The van der Waals surface area contributed by atoms with E-state index < -0.39 is 23.8 Å². The van der Waals surface area contributed by atoms with Crippen molar-refractivity contribution in [3.05, 3.63) is 87.7 Å². The second kappa shape index (κ2) is 8.40. The number of aromatic nitrogens is 1. The van der Waals surface area contributed by atoms with Gasteiger partial charge in [0, 0.05) is 17.1 Å². The first-order valence-corrected chi connectivity index (χ1v) is 10.3. The highest BCUT2D eigenvalue weighted by molar-refractivity contribution is 6.39. The minimum atomic E-state index is -1.15. The number of carbonyl (C=O) groups is 4. The number of hydrogen-bond donors (Lipinski definition) is 2. The third-order valence-corrected chi connectivity index (χ3v) is 5.65. The van der Waals surface area contributed by atoms with Crippen molar-refractivity contribution in [2.75, 3.05) is 4.90 Å². The fraction of sp³-hybridized carbons (Fsp3) is 0.0833. The van der Waals surface area contributed by atoms with E-state index in [1.165, 1.54) is 18.2 Å². The summed E-state index contributed by atoms with van der Waals surface area (Å²) in [5.74, 6) is -2.68. The predicted octanol–water partition coefficient (Wildman–Crippen LogP) is 4.11. The molecule has 3 aromatic rings. The lowest BCUT2D eigenvalue weighted by Gasteiger charge is -2.26. The Hall–Kier alpha value is -4.17. The zero-order valence-corrected chi connectivity index (χ0v) is 18.4. The summed E-state index contributed by atoms with van der Waals surface area (Å²) in [5.41, 5.74) is 2.66. The molecule has 1 fully saturated rings. The maximum absolute atomic E-state index is 13.1. The summed E-state index contributed by atoms with van der Waals surface area (Å²) in [6, 6.07) is 13.9. The maximum atomic E-state index is 13.1. The van der Waals surface area contributed by atoms with Gasteiger partial charge in [-0.1, -0.05) is 29.8 Å². The number of aromatic carboxylic acids is 1. The number of nitrogens with one attached hydrogen (secondary N) is 1. The zero-order valence-electron chi connectivity index (χ0n) is 17.6. The van der Waals surface area contributed by atoms with Crippen molar-refractivity contribution in [3.8, 4) is 5.69 Å². The lowest BCUT2D eigenvalue weighted by atomic mass is 10.1. The van der Waals surface area contributed by atoms with Crippen LogP contribution in [0.25, 0.3) is 11.8 Å². The van der Waals surface area contributed by atoms with Crippen LogP contribution in [0.15, 0.2) is 60.2 Å². The van der Waals surface area contributed by atoms with E-state index in [2.05, 4.69) is 5.32 Å². The fourth-order valence-electron chi connectivity index (χ4n) is 3.77. The molecule has 1 saturated heterocycles. The first-order chi connectivity index (χ1) is 15.7. The number of benzene rings is 2. The Morgan fingerprint density at radius 3 is 2.36 bits per heavy atom. The highest BCUT2D eigenvalue weighted by Gasteiger charge is 2.37. The Morgan fingerprint density at radius 1 is 1.00 bits per heavy atom. The molecule has 166 valence electrons. The highest BCUT2D eigenvalue weighted by Crippen LogP contribution is 2.28. The normalized spacial score (nSPS) is 15.2. The van der Waals surface area contributed by atoms with Crippen molar-refractivity contribution in [1.82, 2.24) is 9.88 Å². The minimum absolute atomic E-state index is 0.0413. The number of anilines is 1. The molecule has 0 radical (unpaired) electrons. The molecule has 1 aliphatic rings. The Bertz CT molecular complexity index is 1360. The van der Waals surface area contributed by atoms with Gasteiger partial charge < -0.3 is 9.67 Å². The van der Waals surface area contributed by atoms with Gasteiger partial charge in [-0.05, 0) is 61.9 Å². The average molecular weight is 464 g/mol. The van der Waals surface area contributed by atoms with Gasteiger partial charge in [0.25, 0.3) is 11.8 Å². The molecule has 33 heavy (non-hydrogen) atoms. The molecule has 0 unspecified atom stereocenters. The number of urea groups is 1. The molecule has 0 saturated carbocycles. The number of carbonyl (C=O) groups excluding carboxylic acids is 3. The number of carboxylic acid groups (broad SMARTS) is 1. The third-order valence-electron chi connectivity index (χ3n) is 5.32. The molecule has 8 nitrogen and oxygen atoms in total. The molecule has 4 amide bonds. The Balaban J connectivity index is 1.78. The summed E-state index contributed by atoms with van der Waals surface area (Å²) in [7, 11) is 0. The van der Waals surface area contributed by atoms with Gasteiger partial charge in [0.05, 0.1) is 16.3 Å². The number of rotatable bonds is 4. The number of nitrogens with zero attached hydrogens (tertiary/aromatic N) is 2. The first-order valence-electron chi connectivity index (χ1n) is 9.87. The van der Waals surface area contributed by atoms with Crippen LogP contribution in [0, 0.1) is 13.8 Å². The number of amides is 4. The molecular weight excluding hydrogens is 446 g/mol. The molecule has 4 rings (SSSR count). The molecule has 2 aromatic carbocycles. The van der Waals surface area contributed by atoms with Crippen LogP contribution in [-0.2, 0) is 9.59 Å². The number of aryl methyl sites for hydroxylation is 1. The molecule has 0 aliphatic carbocycles. The van der Waals surface area contributed by atoms with Crippen LogP contribution in [0.4, 0.5) is 10.5 Å². The molecule has 0 bridgehead atoms. The monoisotopic (exact) mass is 463 g/mol. The minimum Gasteiger partial charge on any atom is -0.478 e. The molecule has 2 heterocycles. The number of hydrogen-bond acceptors (Lipinski definition) is 4. The number of imide groups is 2. The van der Waals surface area contributed by atoms with E-state index in [1.807, 2.05) is 6.92 Å². The smallest absolute Gasteiger partial charge is 0.337 e. The van der Waals surface area contributed by atoms with E-state index in [9.17, 15) is 24.3 Å². The van der Waals surface area contributed by atoms with E-state index in [1.54, 1.807) is 54.0 Å². The van der Waals surface area contributed by atoms with E-state index in [4.69, 9.17) is 11.6 Å². The van der Waals surface area contributed by atoms with Crippen molar-refractivity contribution in [3.63, 3.8) is 0 Å². The summed E-state index contributed by atoms with van der Waals surface area (Å²) < 4.78 is 1.79. The summed E-state index contributed by atoms with van der Waals surface area (Å²) >= 11 is 5.99. The van der Waals surface area contributed by atoms with Crippen molar-refractivity contribution < 1.29 is 24.3 Å². The largest absolute Gasteiger partial charge is 0.478 e. The Morgan fingerprint density at radius 2 is 1.70 bits per heavy atom. The maximum Gasteiger partial charge on any atom is 0.337 e. The first kappa shape index (κ1) is 22.0. The van der Waals surface area contributed by atoms with Gasteiger partial charge in [-0.2, -0.15) is 0 Å².